The molecule has 4 fully saturated rings. The molecule has 2 aromatic carbocycles. The van der Waals surface area contributed by atoms with Crippen LogP contribution in [-0.2, 0) is 33.3 Å². The monoisotopic (exact) mass is 1350 g/mol. The number of halogens is 4. The highest BCUT2D eigenvalue weighted by molar-refractivity contribution is 6.03. The molecule has 10 aromatic heterocycles. The minimum absolute atomic E-state index is 0.278. The van der Waals surface area contributed by atoms with Crippen molar-refractivity contribution in [1.82, 2.24) is 59.4 Å². The van der Waals surface area contributed by atoms with Gasteiger partial charge in [-0.1, -0.05) is 48.5 Å². The normalized spacial score (nSPS) is 19.1. The van der Waals surface area contributed by atoms with E-state index < -0.39 is 48.4 Å². The number of hydrogen-bond donors (Lipinski definition) is 8. The van der Waals surface area contributed by atoms with E-state index in [1.54, 1.807) is 70.8 Å². The van der Waals surface area contributed by atoms with Crippen LogP contribution in [0, 0.1) is 51.4 Å². The van der Waals surface area contributed by atoms with E-state index in [2.05, 4.69) is 71.3 Å². The van der Waals surface area contributed by atoms with Crippen molar-refractivity contribution in [3.8, 4) is 45.0 Å². The van der Waals surface area contributed by atoms with Crippen molar-refractivity contribution in [3.05, 3.63) is 157 Å². The molecule has 0 spiro atoms. The highest BCUT2D eigenvalue weighted by atomic mass is 19.1. The number of carbonyl (C=O) groups is 4. The fourth-order valence-electron chi connectivity index (χ4n) is 11.4. The van der Waals surface area contributed by atoms with Crippen molar-refractivity contribution >= 4 is 113 Å². The molecule has 0 saturated heterocycles. The molecule has 4 amide bonds. The van der Waals surface area contributed by atoms with E-state index in [1.807, 2.05) is 115 Å². The molecule has 508 valence electrons. The van der Waals surface area contributed by atoms with Crippen molar-refractivity contribution < 1.29 is 36.7 Å². The van der Waals surface area contributed by atoms with Crippen molar-refractivity contribution in [3.63, 3.8) is 0 Å². The van der Waals surface area contributed by atoms with Gasteiger partial charge in [0.05, 0.1) is 58.8 Å². The number of alkyl halides is 4. The number of nitrogens with one attached hydrogen (secondary N) is 4. The average Bonchev–Trinajstić information content (AvgIpc) is 1.81. The Balaban J connectivity index is 0.000000119. The minimum atomic E-state index is -1.04. The van der Waals surface area contributed by atoms with Gasteiger partial charge in [-0.15, -0.1) is 0 Å². The van der Waals surface area contributed by atoms with E-state index in [0.717, 1.165) is 77.7 Å². The molecule has 16 rings (SSSR count). The molecule has 0 unspecified atom stereocenters. The molecule has 24 nitrogen and oxygen atoms in total. The smallest absolute Gasteiger partial charge is 0.231 e. The fourth-order valence-corrected chi connectivity index (χ4v) is 11.4. The molecule has 10 heterocycles. The van der Waals surface area contributed by atoms with Crippen molar-refractivity contribution in [2.24, 2.45) is 37.8 Å². The molecule has 0 bridgehead atoms. The Morgan fingerprint density at radius 1 is 0.380 bits per heavy atom. The van der Waals surface area contributed by atoms with Crippen LogP contribution in [0.5, 0.6) is 0 Å². The Hall–Kier alpha value is -12.1. The molecule has 4 saturated carbocycles. The third kappa shape index (κ3) is 14.3. The van der Waals surface area contributed by atoms with Gasteiger partial charge in [0.15, 0.2) is 0 Å². The maximum absolute atomic E-state index is 13.0. The van der Waals surface area contributed by atoms with Gasteiger partial charge in [0.25, 0.3) is 0 Å². The number of anilines is 8. The number of amides is 4. The van der Waals surface area contributed by atoms with Crippen molar-refractivity contribution in [2.45, 2.75) is 78.1 Å². The Morgan fingerprint density at radius 3 is 0.840 bits per heavy atom. The van der Waals surface area contributed by atoms with Crippen LogP contribution in [0.4, 0.5) is 64.1 Å². The van der Waals surface area contributed by atoms with Crippen molar-refractivity contribution in [2.75, 3.05) is 44.2 Å². The standard InChI is InChI=1S/2C19H17FN4O.2C17H17FN6O/c2*1-10-4-2-3-5-12(10)16-6-11-7-17(22-9-14(11)18(21)23-16)24-19(25)13-8-15(13)20;2*1-8-11(7-21-24(8)2)14-3-9-4-15(20-6-12(9)16(19)22-14)23-17(25)10-5-13(10)18/h2*2-7,9,13,15H,8H2,1H3,(H2,21,23)(H,22,24,25);2*3-4,6-7,10,13H,5H2,1-2H3,(H2,19,22)(H,20,23,25)/t2*13-,15+;2*10-,13+/m1010/s1. The number of nitrogen functional groups attached to an aromatic ring is 4. The number of aromatic nitrogens is 12. The predicted octanol–water partition coefficient (Wildman–Crippen LogP) is 11.4. The quantitative estimate of drug-likeness (QED) is 0.0527. The second-order valence-corrected chi connectivity index (χ2v) is 25.3. The summed E-state index contributed by atoms with van der Waals surface area (Å²) in [6, 6.07) is 30.3. The number of aryl methyl sites for hydroxylation is 4. The Labute approximate surface area is 568 Å². The van der Waals surface area contributed by atoms with Crippen LogP contribution in [0.25, 0.3) is 88.1 Å². The number of pyridine rings is 8. The summed E-state index contributed by atoms with van der Waals surface area (Å²) in [5, 5.41) is 25.1. The second-order valence-electron chi connectivity index (χ2n) is 25.3. The SMILES string of the molecule is Cc1c(-c2cc3cc(NC(=O)[C@@H]4C[C@@H]4F)ncc3c(N)n2)cnn1C.Cc1c(-c2cc3cc(NC(=O)[C@H]4C[C@H]4F)ncc3c(N)n2)cnn1C.Cc1ccccc1-c1cc2cc(NC(=O)[C@@H]3C[C@@H]3F)ncc2c(N)n1.Cc1ccccc1-c1cc2cc(NC(=O)[C@H]3C[C@H]3F)ncc2c(N)n1. The van der Waals surface area contributed by atoms with Gasteiger partial charge in [-0.05, 0) is 135 Å². The summed E-state index contributed by atoms with van der Waals surface area (Å²) in [6.07, 6.45) is 6.73. The summed E-state index contributed by atoms with van der Waals surface area (Å²) in [6.45, 7) is 7.93. The number of nitrogens with zero attached hydrogens (tertiary/aromatic N) is 12. The predicted molar refractivity (Wildman–Crippen MR) is 377 cm³/mol. The van der Waals surface area contributed by atoms with E-state index in [0.29, 0.717) is 79.5 Å². The number of hydrogen-bond acceptors (Lipinski definition) is 18. The van der Waals surface area contributed by atoms with Crippen molar-refractivity contribution in [1.29, 1.82) is 0 Å². The van der Waals surface area contributed by atoms with Gasteiger partial charge in [-0.25, -0.2) is 57.4 Å². The molecule has 8 atom stereocenters. The lowest BCUT2D eigenvalue weighted by molar-refractivity contribution is -0.118. The summed E-state index contributed by atoms with van der Waals surface area (Å²) in [7, 11) is 3.72. The molecule has 28 heteroatoms. The lowest BCUT2D eigenvalue weighted by atomic mass is 10.0. The van der Waals surface area contributed by atoms with Crippen LogP contribution in [0.3, 0.4) is 0 Å². The molecule has 100 heavy (non-hydrogen) atoms. The first-order valence-corrected chi connectivity index (χ1v) is 32.1. The third-order valence-electron chi connectivity index (χ3n) is 18.0. The van der Waals surface area contributed by atoms with Gasteiger partial charge in [0.1, 0.15) is 71.2 Å². The first-order chi connectivity index (χ1) is 47.9. The number of benzene rings is 2. The van der Waals surface area contributed by atoms with Crippen LogP contribution in [0.2, 0.25) is 0 Å². The zero-order chi connectivity index (χ0) is 70.5. The Kier molecular flexibility index (Phi) is 18.0. The van der Waals surface area contributed by atoms with Crippen LogP contribution in [0.15, 0.2) is 134 Å². The summed E-state index contributed by atoms with van der Waals surface area (Å²) >= 11 is 0. The summed E-state index contributed by atoms with van der Waals surface area (Å²) in [4.78, 5) is 82.1. The lowest BCUT2D eigenvalue weighted by Gasteiger charge is -2.10. The Bertz CT molecular complexity index is 4940. The highest BCUT2D eigenvalue weighted by Crippen LogP contribution is 2.40. The molecular weight excluding hydrogens is 1280 g/mol. The van der Waals surface area contributed by atoms with Gasteiger partial charge in [-0.3, -0.25) is 28.5 Å². The van der Waals surface area contributed by atoms with Crippen LogP contribution in [-0.4, -0.2) is 108 Å². The molecule has 4 aliphatic carbocycles. The number of fused-ring (bicyclic) bond motifs is 4. The van der Waals surface area contributed by atoms with E-state index >= 15 is 0 Å². The third-order valence-corrected chi connectivity index (χ3v) is 18.0. The zero-order valence-corrected chi connectivity index (χ0v) is 55.0. The largest absolute Gasteiger partial charge is 0.383 e. The highest BCUT2D eigenvalue weighted by Gasteiger charge is 2.46. The van der Waals surface area contributed by atoms with E-state index in [4.69, 9.17) is 22.9 Å². The summed E-state index contributed by atoms with van der Waals surface area (Å²) < 4.78 is 55.5. The van der Waals surface area contributed by atoms with Gasteiger partial charge in [0, 0.05) is 94.1 Å². The van der Waals surface area contributed by atoms with E-state index in [9.17, 15) is 36.7 Å². The van der Waals surface area contributed by atoms with Gasteiger partial charge in [0.2, 0.25) is 23.6 Å². The number of carbonyl (C=O) groups excluding carboxylic acids is 4. The molecule has 12 N–H and O–H groups in total. The van der Waals surface area contributed by atoms with Crippen LogP contribution < -0.4 is 44.2 Å². The minimum Gasteiger partial charge on any atom is -0.383 e. The number of nitrogens with two attached hydrogens (primary N) is 4. The maximum atomic E-state index is 13.0. The van der Waals surface area contributed by atoms with Crippen LogP contribution in [0.1, 0.15) is 48.2 Å². The number of rotatable bonds is 12. The molecule has 12 aromatic rings. The van der Waals surface area contributed by atoms with E-state index in [-0.39, 0.29) is 49.3 Å². The molecule has 0 aliphatic heterocycles. The summed E-state index contributed by atoms with van der Waals surface area (Å²) in [5.74, 6) is -0.593. The fraction of sp³-hybridized carbons (Fsp3) is 0.250. The lowest BCUT2D eigenvalue weighted by Crippen LogP contribution is -2.15. The first kappa shape index (κ1) is 66.5. The average molecular weight is 1350 g/mol. The molecule has 4 aliphatic rings. The zero-order valence-electron chi connectivity index (χ0n) is 55.0. The topological polar surface area (TPSA) is 359 Å². The van der Waals surface area contributed by atoms with Gasteiger partial charge < -0.3 is 44.2 Å². The second kappa shape index (κ2) is 27.1. The van der Waals surface area contributed by atoms with E-state index in [1.165, 1.54) is 0 Å². The van der Waals surface area contributed by atoms with Gasteiger partial charge >= 0.3 is 0 Å². The summed E-state index contributed by atoms with van der Waals surface area (Å²) in [5.41, 5.74) is 35.1. The molecular formula is C72H68F4N20O4. The van der Waals surface area contributed by atoms with Crippen LogP contribution >= 0.6 is 0 Å². The Morgan fingerprint density at radius 2 is 0.620 bits per heavy atom. The first-order valence-electron chi connectivity index (χ1n) is 32.1. The van der Waals surface area contributed by atoms with Gasteiger partial charge in [-0.2, -0.15) is 10.2 Å². The maximum Gasteiger partial charge on any atom is 0.231 e. The molecule has 0 radical (unpaired) electrons.